The zero-order valence-corrected chi connectivity index (χ0v) is 12.7. The number of carbonyl (C=O) groups is 1. The average molecular weight is 298 g/mol. The van der Waals surface area contributed by atoms with Crippen molar-refractivity contribution in [3.8, 4) is 0 Å². The molecule has 0 unspecified atom stereocenters. The number of hydrogen-bond acceptors (Lipinski definition) is 3. The van der Waals surface area contributed by atoms with Crippen molar-refractivity contribution < 1.29 is 9.63 Å². The maximum atomic E-state index is 12.2. The van der Waals surface area contributed by atoms with Crippen LogP contribution in [0.25, 0.3) is 6.08 Å². The Morgan fingerprint density at radius 3 is 2.68 bits per heavy atom. The van der Waals surface area contributed by atoms with Crippen molar-refractivity contribution in [3.63, 3.8) is 0 Å². The molecular formula is C18H22N2O2. The van der Waals surface area contributed by atoms with Crippen LogP contribution in [0.2, 0.25) is 0 Å². The van der Waals surface area contributed by atoms with E-state index < -0.39 is 6.10 Å². The smallest absolute Gasteiger partial charge is 0.264 e. The predicted octanol–water partition coefficient (Wildman–Crippen LogP) is 3.29. The molecule has 3 rings (SSSR count). The number of allylic oxidation sites excluding steroid dienone is 1. The summed E-state index contributed by atoms with van der Waals surface area (Å²) in [5, 5.41) is 7.11. The van der Waals surface area contributed by atoms with Gasteiger partial charge in [0.1, 0.15) is 0 Å². The fraction of sp³-hybridized carbons (Fsp3) is 0.444. The van der Waals surface area contributed by atoms with Gasteiger partial charge >= 0.3 is 0 Å². The lowest BCUT2D eigenvalue weighted by Crippen LogP contribution is -2.42. The third kappa shape index (κ3) is 3.97. The minimum Gasteiger partial charge on any atom is -0.382 e. The van der Waals surface area contributed by atoms with Gasteiger partial charge in [0.25, 0.3) is 5.91 Å². The van der Waals surface area contributed by atoms with Gasteiger partial charge in [0.15, 0.2) is 0 Å². The number of amides is 1. The lowest BCUT2D eigenvalue weighted by atomic mass is 9.95. The summed E-state index contributed by atoms with van der Waals surface area (Å²) in [6.45, 7) is 0. The van der Waals surface area contributed by atoms with Crippen LogP contribution in [0.5, 0.6) is 0 Å². The van der Waals surface area contributed by atoms with Crippen LogP contribution in [0.1, 0.15) is 44.1 Å². The van der Waals surface area contributed by atoms with Crippen molar-refractivity contribution in [2.75, 3.05) is 0 Å². The van der Waals surface area contributed by atoms with E-state index in [1.54, 1.807) is 0 Å². The molecule has 0 spiro atoms. The number of oxime groups is 1. The van der Waals surface area contributed by atoms with Gasteiger partial charge in [-0.25, -0.2) is 0 Å². The fourth-order valence-corrected chi connectivity index (χ4v) is 2.93. The molecule has 1 fully saturated rings. The monoisotopic (exact) mass is 298 g/mol. The van der Waals surface area contributed by atoms with Gasteiger partial charge in [0, 0.05) is 12.5 Å². The first-order valence-electron chi connectivity index (χ1n) is 8.07. The maximum absolute atomic E-state index is 12.2. The lowest BCUT2D eigenvalue weighted by molar-refractivity contribution is -0.132. The normalized spacial score (nSPS) is 22.4. The van der Waals surface area contributed by atoms with Crippen LogP contribution in [-0.2, 0) is 9.63 Å². The molecule has 0 radical (unpaired) electrons. The quantitative estimate of drug-likeness (QED) is 0.927. The number of carbonyl (C=O) groups excluding carboxylic acids is 1. The Morgan fingerprint density at radius 2 is 1.91 bits per heavy atom. The summed E-state index contributed by atoms with van der Waals surface area (Å²) >= 11 is 0. The van der Waals surface area contributed by atoms with E-state index in [0.29, 0.717) is 12.5 Å². The summed E-state index contributed by atoms with van der Waals surface area (Å²) in [6, 6.07) is 10.3. The van der Waals surface area contributed by atoms with Crippen molar-refractivity contribution in [1.82, 2.24) is 5.32 Å². The molecule has 4 nitrogen and oxygen atoms in total. The molecule has 1 aliphatic heterocycles. The molecule has 1 amide bonds. The molecule has 4 heteroatoms. The van der Waals surface area contributed by atoms with E-state index >= 15 is 0 Å². The molecule has 1 aliphatic carbocycles. The van der Waals surface area contributed by atoms with E-state index in [-0.39, 0.29) is 5.91 Å². The highest BCUT2D eigenvalue weighted by molar-refractivity contribution is 6.02. The number of rotatable bonds is 4. The van der Waals surface area contributed by atoms with Gasteiger partial charge in [-0.1, -0.05) is 60.8 Å². The highest BCUT2D eigenvalue weighted by Crippen LogP contribution is 2.19. The summed E-state index contributed by atoms with van der Waals surface area (Å²) in [5.41, 5.74) is 1.92. The van der Waals surface area contributed by atoms with E-state index in [0.717, 1.165) is 24.1 Å². The Hall–Kier alpha value is -2.10. The molecule has 1 heterocycles. The number of nitrogens with one attached hydrogen (secondary N) is 1. The minimum atomic E-state index is -0.475. The van der Waals surface area contributed by atoms with Gasteiger partial charge in [-0.05, 0) is 24.5 Å². The van der Waals surface area contributed by atoms with Crippen LogP contribution in [-0.4, -0.2) is 23.8 Å². The molecule has 22 heavy (non-hydrogen) atoms. The summed E-state index contributed by atoms with van der Waals surface area (Å²) in [6.07, 6.45) is 9.84. The number of benzene rings is 1. The molecule has 0 saturated heterocycles. The topological polar surface area (TPSA) is 50.7 Å². The van der Waals surface area contributed by atoms with Gasteiger partial charge in [-0.3, -0.25) is 4.79 Å². The molecule has 116 valence electrons. The molecule has 0 bridgehead atoms. The van der Waals surface area contributed by atoms with Gasteiger partial charge in [-0.2, -0.15) is 0 Å². The summed E-state index contributed by atoms with van der Waals surface area (Å²) in [4.78, 5) is 17.5. The van der Waals surface area contributed by atoms with Crippen LogP contribution < -0.4 is 5.32 Å². The summed E-state index contributed by atoms with van der Waals surface area (Å²) in [7, 11) is 0. The van der Waals surface area contributed by atoms with Crippen LogP contribution in [0.3, 0.4) is 0 Å². The third-order valence-electron chi connectivity index (χ3n) is 4.20. The van der Waals surface area contributed by atoms with Crippen LogP contribution in [0.15, 0.2) is 41.6 Å². The molecule has 2 aliphatic rings. The molecule has 1 atom stereocenters. The Labute approximate surface area is 131 Å². The van der Waals surface area contributed by atoms with Gasteiger partial charge in [0.05, 0.1) is 5.71 Å². The largest absolute Gasteiger partial charge is 0.382 e. The lowest BCUT2D eigenvalue weighted by Gasteiger charge is -2.23. The maximum Gasteiger partial charge on any atom is 0.264 e. The standard InChI is InChI=1S/C18H22N2O2/c21-18(19-15-9-5-2-6-10-15)17-13-16(20-22-17)12-11-14-7-3-1-4-8-14/h1,3-4,7-8,11-12,15,17H,2,5-6,9-10,13H2,(H,19,21)/b12-11+/t17-/m1/s1. The first kappa shape index (κ1) is 14.8. The van der Waals surface area contributed by atoms with Gasteiger partial charge in [-0.15, -0.1) is 0 Å². The van der Waals surface area contributed by atoms with E-state index in [9.17, 15) is 4.79 Å². The Morgan fingerprint density at radius 1 is 1.14 bits per heavy atom. The van der Waals surface area contributed by atoms with E-state index in [4.69, 9.17) is 4.84 Å². The SMILES string of the molecule is O=C(NC1CCCCC1)[C@H]1CC(/C=C/c2ccccc2)=NO1. The van der Waals surface area contributed by atoms with Crippen LogP contribution >= 0.6 is 0 Å². The fourth-order valence-electron chi connectivity index (χ4n) is 2.93. The minimum absolute atomic E-state index is 0.0289. The molecule has 1 aromatic rings. The Kier molecular flexibility index (Phi) is 4.88. The van der Waals surface area contributed by atoms with Gasteiger partial charge in [0.2, 0.25) is 6.10 Å². The first-order chi connectivity index (χ1) is 10.8. The van der Waals surface area contributed by atoms with Gasteiger partial charge < -0.3 is 10.2 Å². The van der Waals surface area contributed by atoms with Crippen molar-refractivity contribution >= 4 is 17.7 Å². The summed E-state index contributed by atoms with van der Waals surface area (Å²) in [5.74, 6) is -0.0289. The molecule has 1 aromatic carbocycles. The zero-order chi connectivity index (χ0) is 15.2. The van der Waals surface area contributed by atoms with E-state index in [2.05, 4.69) is 10.5 Å². The molecule has 1 N–H and O–H groups in total. The van der Waals surface area contributed by atoms with Crippen LogP contribution in [0.4, 0.5) is 0 Å². The highest BCUT2D eigenvalue weighted by atomic mass is 16.6. The first-order valence-corrected chi connectivity index (χ1v) is 8.07. The molecular weight excluding hydrogens is 276 g/mol. The van der Waals surface area contributed by atoms with E-state index in [1.807, 2.05) is 42.5 Å². The predicted molar refractivity (Wildman–Crippen MR) is 87.4 cm³/mol. The third-order valence-corrected chi connectivity index (χ3v) is 4.20. The number of nitrogens with zero attached hydrogens (tertiary/aromatic N) is 1. The second-order valence-electron chi connectivity index (χ2n) is 5.97. The van der Waals surface area contributed by atoms with Crippen LogP contribution in [0, 0.1) is 0 Å². The molecule has 0 aromatic heterocycles. The Bertz CT molecular complexity index is 560. The number of hydrogen-bond donors (Lipinski definition) is 1. The van der Waals surface area contributed by atoms with Crippen molar-refractivity contribution in [3.05, 3.63) is 42.0 Å². The average Bonchev–Trinajstić information content (AvgIpc) is 3.04. The summed E-state index contributed by atoms with van der Waals surface area (Å²) < 4.78 is 0. The highest BCUT2D eigenvalue weighted by Gasteiger charge is 2.28. The zero-order valence-electron chi connectivity index (χ0n) is 12.7. The Balaban J connectivity index is 1.48. The van der Waals surface area contributed by atoms with Crippen molar-refractivity contribution in [2.24, 2.45) is 5.16 Å². The second kappa shape index (κ2) is 7.25. The molecule has 1 saturated carbocycles. The van der Waals surface area contributed by atoms with Crippen molar-refractivity contribution in [2.45, 2.75) is 50.7 Å². The van der Waals surface area contributed by atoms with Crippen molar-refractivity contribution in [1.29, 1.82) is 0 Å². The second-order valence-corrected chi connectivity index (χ2v) is 5.97. The van der Waals surface area contributed by atoms with E-state index in [1.165, 1.54) is 19.3 Å².